The summed E-state index contributed by atoms with van der Waals surface area (Å²) in [7, 11) is 0. The number of halogens is 1. The molecule has 6 nitrogen and oxygen atoms in total. The number of nitrogens with zero attached hydrogens (tertiary/aromatic N) is 4. The Balaban J connectivity index is 1.54. The molecule has 0 atom stereocenters. The SMILES string of the molecule is Cc1ccc(-c2nnc(Cc3c(-c4ccccc4)c4cc(Cl)ccc4[nH]c3=O)n2/N=C/c2ccccc2)cc1. The Morgan fingerprint density at radius 1 is 0.872 bits per heavy atom. The first-order chi connectivity index (χ1) is 19.1. The molecule has 0 saturated heterocycles. The van der Waals surface area contributed by atoms with E-state index in [0.717, 1.165) is 38.7 Å². The van der Waals surface area contributed by atoms with Crippen LogP contribution in [-0.2, 0) is 6.42 Å². The van der Waals surface area contributed by atoms with Gasteiger partial charge in [0, 0.05) is 39.0 Å². The molecular weight excluding hydrogens is 506 g/mol. The number of rotatable bonds is 6. The third kappa shape index (κ3) is 5.02. The molecule has 0 bridgehead atoms. The summed E-state index contributed by atoms with van der Waals surface area (Å²) < 4.78 is 1.72. The summed E-state index contributed by atoms with van der Waals surface area (Å²) in [5.41, 5.74) is 5.79. The Bertz CT molecular complexity index is 1860. The van der Waals surface area contributed by atoms with Crippen molar-refractivity contribution in [3.05, 3.63) is 141 Å². The Morgan fingerprint density at radius 2 is 1.59 bits per heavy atom. The van der Waals surface area contributed by atoms with Crippen LogP contribution in [0.5, 0.6) is 0 Å². The van der Waals surface area contributed by atoms with Crippen molar-refractivity contribution >= 4 is 28.7 Å². The summed E-state index contributed by atoms with van der Waals surface area (Å²) in [4.78, 5) is 16.6. The first-order valence-electron chi connectivity index (χ1n) is 12.6. The lowest BCUT2D eigenvalue weighted by molar-refractivity contribution is 0.803. The lowest BCUT2D eigenvalue weighted by atomic mass is 9.94. The van der Waals surface area contributed by atoms with E-state index in [1.165, 1.54) is 0 Å². The summed E-state index contributed by atoms with van der Waals surface area (Å²) >= 11 is 6.40. The number of aromatic nitrogens is 4. The van der Waals surface area contributed by atoms with Gasteiger partial charge in [-0.1, -0.05) is 102 Å². The monoisotopic (exact) mass is 529 g/mol. The van der Waals surface area contributed by atoms with Crippen LogP contribution in [-0.4, -0.2) is 26.1 Å². The molecule has 4 aromatic carbocycles. The molecule has 6 aromatic rings. The lowest BCUT2D eigenvalue weighted by Crippen LogP contribution is -2.17. The molecule has 0 aliphatic rings. The number of hydrogen-bond donors (Lipinski definition) is 1. The van der Waals surface area contributed by atoms with Crippen LogP contribution in [0.15, 0.2) is 113 Å². The van der Waals surface area contributed by atoms with Gasteiger partial charge in [-0.3, -0.25) is 4.79 Å². The van der Waals surface area contributed by atoms with Crippen LogP contribution in [0.25, 0.3) is 33.4 Å². The van der Waals surface area contributed by atoms with Crippen LogP contribution in [0, 0.1) is 6.92 Å². The zero-order valence-corrected chi connectivity index (χ0v) is 21.9. The number of benzene rings is 4. The van der Waals surface area contributed by atoms with Crippen LogP contribution < -0.4 is 5.56 Å². The zero-order valence-electron chi connectivity index (χ0n) is 21.2. The van der Waals surface area contributed by atoms with Crippen LogP contribution in [0.2, 0.25) is 5.02 Å². The van der Waals surface area contributed by atoms with Crippen molar-refractivity contribution in [3.8, 4) is 22.5 Å². The summed E-state index contributed by atoms with van der Waals surface area (Å²) in [6.45, 7) is 2.04. The lowest BCUT2D eigenvalue weighted by Gasteiger charge is -2.13. The predicted molar refractivity (Wildman–Crippen MR) is 157 cm³/mol. The van der Waals surface area contributed by atoms with Crippen LogP contribution in [0.3, 0.4) is 0 Å². The van der Waals surface area contributed by atoms with Gasteiger partial charge < -0.3 is 4.98 Å². The minimum absolute atomic E-state index is 0.192. The molecule has 7 heteroatoms. The Labute approximate surface area is 230 Å². The van der Waals surface area contributed by atoms with Crippen molar-refractivity contribution in [1.82, 2.24) is 19.9 Å². The standard InChI is InChI=1S/C32H24ClN5O/c1-21-12-14-24(15-13-21)31-37-36-29(38(31)34-20-22-8-4-2-5-9-22)19-27-30(23-10-6-3-7-11-23)26-18-25(33)16-17-28(26)35-32(27)39/h2-18,20H,19H2,1H3,(H,35,39)/b34-20+. The quantitative estimate of drug-likeness (QED) is 0.239. The van der Waals surface area contributed by atoms with Crippen LogP contribution in [0.1, 0.15) is 22.5 Å². The molecule has 0 aliphatic heterocycles. The molecule has 0 saturated carbocycles. The third-order valence-corrected chi connectivity index (χ3v) is 6.84. The maximum absolute atomic E-state index is 13.5. The fourth-order valence-electron chi connectivity index (χ4n) is 4.66. The molecule has 2 heterocycles. The van der Waals surface area contributed by atoms with E-state index in [2.05, 4.69) is 15.2 Å². The number of fused-ring (bicyclic) bond motifs is 1. The van der Waals surface area contributed by atoms with Crippen molar-refractivity contribution in [1.29, 1.82) is 0 Å². The fourth-order valence-corrected chi connectivity index (χ4v) is 4.83. The molecule has 0 amide bonds. The fraction of sp³-hybridized carbons (Fsp3) is 0.0625. The van der Waals surface area contributed by atoms with Gasteiger partial charge in [-0.05, 0) is 36.2 Å². The molecular formula is C32H24ClN5O. The van der Waals surface area contributed by atoms with Crippen molar-refractivity contribution < 1.29 is 0 Å². The van der Waals surface area contributed by atoms with Crippen molar-refractivity contribution in [2.45, 2.75) is 13.3 Å². The van der Waals surface area contributed by atoms with Gasteiger partial charge in [0.05, 0.1) is 6.21 Å². The minimum atomic E-state index is -0.192. The molecule has 2 aromatic heterocycles. The Kier molecular flexibility index (Phi) is 6.61. The van der Waals surface area contributed by atoms with Gasteiger partial charge in [0.15, 0.2) is 11.6 Å². The van der Waals surface area contributed by atoms with E-state index in [1.54, 1.807) is 17.0 Å². The van der Waals surface area contributed by atoms with E-state index in [9.17, 15) is 4.79 Å². The van der Waals surface area contributed by atoms with E-state index in [1.807, 2.05) is 104 Å². The van der Waals surface area contributed by atoms with Gasteiger partial charge in [0.1, 0.15) is 0 Å². The summed E-state index contributed by atoms with van der Waals surface area (Å²) in [5, 5.41) is 15.2. The first kappa shape index (κ1) is 24.5. The normalized spacial score (nSPS) is 11.4. The molecule has 6 rings (SSSR count). The number of aryl methyl sites for hydroxylation is 1. The number of nitrogens with one attached hydrogen (secondary N) is 1. The van der Waals surface area contributed by atoms with Gasteiger partial charge in [-0.25, -0.2) is 0 Å². The first-order valence-corrected chi connectivity index (χ1v) is 13.0. The average molecular weight is 530 g/mol. The van der Waals surface area contributed by atoms with Gasteiger partial charge in [0.25, 0.3) is 5.56 Å². The van der Waals surface area contributed by atoms with Crippen molar-refractivity contribution in [2.75, 3.05) is 0 Å². The maximum Gasteiger partial charge on any atom is 0.252 e. The number of hydrogen-bond acceptors (Lipinski definition) is 4. The van der Waals surface area contributed by atoms with Gasteiger partial charge in [-0.2, -0.15) is 9.78 Å². The molecule has 0 radical (unpaired) electrons. The van der Waals surface area contributed by atoms with Gasteiger partial charge >= 0.3 is 0 Å². The second kappa shape index (κ2) is 10.5. The second-order valence-corrected chi connectivity index (χ2v) is 9.75. The molecule has 1 N–H and O–H groups in total. The highest BCUT2D eigenvalue weighted by Crippen LogP contribution is 2.32. The van der Waals surface area contributed by atoms with E-state index >= 15 is 0 Å². The summed E-state index contributed by atoms with van der Waals surface area (Å²) in [6.07, 6.45) is 1.99. The van der Waals surface area contributed by atoms with E-state index in [-0.39, 0.29) is 12.0 Å². The van der Waals surface area contributed by atoms with Crippen molar-refractivity contribution in [2.24, 2.45) is 5.10 Å². The Hall–Kier alpha value is -4.81. The smallest absolute Gasteiger partial charge is 0.252 e. The molecule has 0 aliphatic carbocycles. The minimum Gasteiger partial charge on any atom is -0.322 e. The number of H-pyrrole nitrogens is 1. The van der Waals surface area contributed by atoms with Gasteiger partial charge in [0.2, 0.25) is 0 Å². The van der Waals surface area contributed by atoms with E-state index in [4.69, 9.17) is 16.7 Å². The molecule has 0 spiro atoms. The molecule has 39 heavy (non-hydrogen) atoms. The predicted octanol–water partition coefficient (Wildman–Crippen LogP) is 6.89. The summed E-state index contributed by atoms with van der Waals surface area (Å²) in [5.74, 6) is 1.14. The highest BCUT2D eigenvalue weighted by atomic mass is 35.5. The molecule has 190 valence electrons. The highest BCUT2D eigenvalue weighted by Gasteiger charge is 2.20. The number of aromatic amines is 1. The van der Waals surface area contributed by atoms with E-state index < -0.39 is 0 Å². The topological polar surface area (TPSA) is 75.9 Å². The van der Waals surface area contributed by atoms with Gasteiger partial charge in [-0.15, -0.1) is 10.2 Å². The Morgan fingerprint density at radius 3 is 2.33 bits per heavy atom. The third-order valence-electron chi connectivity index (χ3n) is 6.61. The highest BCUT2D eigenvalue weighted by molar-refractivity contribution is 6.31. The van der Waals surface area contributed by atoms with E-state index in [0.29, 0.717) is 22.2 Å². The maximum atomic E-state index is 13.5. The second-order valence-electron chi connectivity index (χ2n) is 9.31. The van der Waals surface area contributed by atoms with Crippen molar-refractivity contribution in [3.63, 3.8) is 0 Å². The summed E-state index contributed by atoms with van der Waals surface area (Å²) in [6, 6.07) is 33.2. The van der Waals surface area contributed by atoms with Crippen LogP contribution in [0.4, 0.5) is 0 Å². The molecule has 0 fully saturated rings. The number of pyridine rings is 1. The van der Waals surface area contributed by atoms with Crippen LogP contribution >= 0.6 is 11.6 Å². The average Bonchev–Trinajstić information content (AvgIpc) is 3.36. The largest absolute Gasteiger partial charge is 0.322 e. The molecule has 0 unspecified atom stereocenters. The zero-order chi connectivity index (χ0) is 26.8.